The summed E-state index contributed by atoms with van der Waals surface area (Å²) in [4.78, 5) is 26.9. The number of carbonyl (C=O) groups excluding carboxylic acids is 2. The lowest BCUT2D eigenvalue weighted by molar-refractivity contribution is -0.118. The van der Waals surface area contributed by atoms with Gasteiger partial charge in [0.25, 0.3) is 0 Å². The molecule has 0 spiro atoms. The van der Waals surface area contributed by atoms with Crippen LogP contribution in [0.25, 0.3) is 0 Å². The first-order valence-corrected chi connectivity index (χ1v) is 9.85. The molecule has 0 bridgehead atoms. The molecule has 2 amide bonds. The van der Waals surface area contributed by atoms with E-state index in [4.69, 9.17) is 0 Å². The van der Waals surface area contributed by atoms with Crippen molar-refractivity contribution in [2.24, 2.45) is 0 Å². The van der Waals surface area contributed by atoms with E-state index in [1.165, 1.54) is 0 Å². The third-order valence-electron chi connectivity index (χ3n) is 5.02. The maximum absolute atomic E-state index is 12.7. The van der Waals surface area contributed by atoms with E-state index in [9.17, 15) is 9.59 Å². The first-order chi connectivity index (χ1) is 14.1. The number of likely N-dealkylation sites (N-methyl/N-ethyl adjacent to an activating group) is 1. The van der Waals surface area contributed by atoms with Crippen LogP contribution in [-0.2, 0) is 16.0 Å². The molecular formula is C25H26N2O2. The van der Waals surface area contributed by atoms with E-state index in [1.54, 1.807) is 11.9 Å². The number of rotatable bonds is 7. The number of benzene rings is 3. The fraction of sp³-hybridized carbons (Fsp3) is 0.200. The van der Waals surface area contributed by atoms with Gasteiger partial charge in [-0.3, -0.25) is 9.59 Å². The molecule has 0 radical (unpaired) electrons. The molecule has 29 heavy (non-hydrogen) atoms. The van der Waals surface area contributed by atoms with Gasteiger partial charge in [0.05, 0.1) is 12.3 Å². The average Bonchev–Trinajstić information content (AvgIpc) is 2.76. The number of hydrogen-bond donors (Lipinski definition) is 1. The van der Waals surface area contributed by atoms with E-state index in [2.05, 4.69) is 5.32 Å². The van der Waals surface area contributed by atoms with Gasteiger partial charge in [0.2, 0.25) is 11.8 Å². The third kappa shape index (κ3) is 5.32. The second kappa shape index (κ2) is 9.69. The molecule has 0 aliphatic heterocycles. The lowest BCUT2D eigenvalue weighted by Gasteiger charge is -2.18. The highest BCUT2D eigenvalue weighted by molar-refractivity contribution is 5.96. The Hall–Kier alpha value is -3.40. The Bertz CT molecular complexity index is 938. The molecule has 3 rings (SSSR count). The Morgan fingerprint density at radius 3 is 2.03 bits per heavy atom. The number of carbonyl (C=O) groups is 2. The molecular weight excluding hydrogens is 360 g/mol. The molecule has 0 fully saturated rings. The molecule has 0 aromatic heterocycles. The summed E-state index contributed by atoms with van der Waals surface area (Å²) < 4.78 is 0. The van der Waals surface area contributed by atoms with Crippen LogP contribution in [0.15, 0.2) is 84.9 Å². The number of amides is 2. The molecule has 3 aromatic rings. The lowest BCUT2D eigenvalue weighted by Crippen LogP contribution is -2.27. The number of nitrogens with one attached hydrogen (secondary N) is 1. The zero-order chi connectivity index (χ0) is 20.6. The second-order valence-electron chi connectivity index (χ2n) is 7.02. The molecule has 0 heterocycles. The van der Waals surface area contributed by atoms with Crippen LogP contribution < -0.4 is 10.2 Å². The van der Waals surface area contributed by atoms with Gasteiger partial charge in [-0.25, -0.2) is 0 Å². The van der Waals surface area contributed by atoms with Crippen molar-refractivity contribution in [2.45, 2.75) is 25.7 Å². The minimum Gasteiger partial charge on any atom is -0.326 e. The lowest BCUT2D eigenvalue weighted by atomic mass is 9.95. The topological polar surface area (TPSA) is 49.4 Å². The largest absolute Gasteiger partial charge is 0.326 e. The quantitative estimate of drug-likeness (QED) is 0.619. The minimum absolute atomic E-state index is 0.0168. The van der Waals surface area contributed by atoms with Gasteiger partial charge >= 0.3 is 0 Å². The number of hydrogen-bond acceptors (Lipinski definition) is 2. The highest BCUT2D eigenvalue weighted by atomic mass is 16.2. The molecule has 1 unspecified atom stereocenters. The Balaban J connectivity index is 1.61. The van der Waals surface area contributed by atoms with Crippen LogP contribution in [0, 0.1) is 0 Å². The first-order valence-electron chi connectivity index (χ1n) is 9.85. The van der Waals surface area contributed by atoms with E-state index < -0.39 is 0 Å². The van der Waals surface area contributed by atoms with Gasteiger partial charge in [0.1, 0.15) is 0 Å². The third-order valence-corrected chi connectivity index (χ3v) is 5.02. The fourth-order valence-electron chi connectivity index (χ4n) is 3.28. The molecule has 0 aliphatic carbocycles. The molecule has 0 saturated carbocycles. The van der Waals surface area contributed by atoms with E-state index in [0.717, 1.165) is 28.9 Å². The van der Waals surface area contributed by atoms with Crippen molar-refractivity contribution in [3.8, 4) is 0 Å². The van der Waals surface area contributed by atoms with Gasteiger partial charge in [0.15, 0.2) is 0 Å². The predicted molar refractivity (Wildman–Crippen MR) is 118 cm³/mol. The molecule has 4 heteroatoms. The highest BCUT2D eigenvalue weighted by Crippen LogP contribution is 2.22. The monoisotopic (exact) mass is 386 g/mol. The molecule has 3 aromatic carbocycles. The highest BCUT2D eigenvalue weighted by Gasteiger charge is 2.18. The molecule has 1 N–H and O–H groups in total. The van der Waals surface area contributed by atoms with Crippen LogP contribution in [0.1, 0.15) is 30.4 Å². The van der Waals surface area contributed by atoms with Crippen LogP contribution in [0.3, 0.4) is 0 Å². The Morgan fingerprint density at radius 1 is 0.862 bits per heavy atom. The van der Waals surface area contributed by atoms with Crippen molar-refractivity contribution >= 4 is 23.2 Å². The standard InChI is InChI=1S/C25H26N2O2/c1-3-23(20-10-6-4-7-11-20)25(29)26-21-16-14-19(15-17-21)18-24(28)27(2)22-12-8-5-9-13-22/h4-17,23H,3,18H2,1-2H3,(H,26,29). The minimum atomic E-state index is -0.183. The molecule has 4 nitrogen and oxygen atoms in total. The maximum Gasteiger partial charge on any atom is 0.231 e. The van der Waals surface area contributed by atoms with E-state index in [0.29, 0.717) is 6.42 Å². The SMILES string of the molecule is CCC(C(=O)Nc1ccc(CC(=O)N(C)c2ccccc2)cc1)c1ccccc1. The van der Waals surface area contributed by atoms with E-state index in [-0.39, 0.29) is 17.7 Å². The number of nitrogens with zero attached hydrogens (tertiary/aromatic N) is 1. The van der Waals surface area contributed by atoms with Crippen LogP contribution in [0.4, 0.5) is 11.4 Å². The molecule has 148 valence electrons. The summed E-state index contributed by atoms with van der Waals surface area (Å²) in [5, 5.41) is 2.99. The smallest absolute Gasteiger partial charge is 0.231 e. The normalized spacial score (nSPS) is 11.5. The van der Waals surface area contributed by atoms with Crippen molar-refractivity contribution in [3.05, 3.63) is 96.1 Å². The molecule has 1 atom stereocenters. The van der Waals surface area contributed by atoms with Crippen molar-refractivity contribution in [3.63, 3.8) is 0 Å². The molecule has 0 saturated heterocycles. The maximum atomic E-state index is 12.7. The van der Waals surface area contributed by atoms with Crippen LogP contribution in [0.5, 0.6) is 0 Å². The van der Waals surface area contributed by atoms with Crippen molar-refractivity contribution in [1.29, 1.82) is 0 Å². The summed E-state index contributed by atoms with van der Waals surface area (Å²) in [5.41, 5.74) is 3.52. The van der Waals surface area contributed by atoms with Gasteiger partial charge in [-0.15, -0.1) is 0 Å². The van der Waals surface area contributed by atoms with Gasteiger partial charge in [-0.05, 0) is 41.8 Å². The second-order valence-corrected chi connectivity index (χ2v) is 7.02. The Kier molecular flexibility index (Phi) is 6.80. The summed E-state index contributed by atoms with van der Waals surface area (Å²) in [6.07, 6.45) is 1.04. The molecule has 0 aliphatic rings. The summed E-state index contributed by atoms with van der Waals surface area (Å²) in [7, 11) is 1.78. The van der Waals surface area contributed by atoms with E-state index in [1.807, 2.05) is 91.9 Å². The summed E-state index contributed by atoms with van der Waals surface area (Å²) in [6, 6.07) is 26.8. The van der Waals surface area contributed by atoms with Crippen molar-refractivity contribution in [1.82, 2.24) is 0 Å². The number of para-hydroxylation sites is 1. The first kappa shape index (κ1) is 20.3. The van der Waals surface area contributed by atoms with Gasteiger partial charge in [0, 0.05) is 18.4 Å². The number of anilines is 2. The van der Waals surface area contributed by atoms with E-state index >= 15 is 0 Å². The summed E-state index contributed by atoms with van der Waals surface area (Å²) in [6.45, 7) is 2.01. The van der Waals surface area contributed by atoms with Crippen LogP contribution >= 0.6 is 0 Å². The zero-order valence-corrected chi connectivity index (χ0v) is 16.8. The Morgan fingerprint density at radius 2 is 1.45 bits per heavy atom. The van der Waals surface area contributed by atoms with Crippen LogP contribution in [-0.4, -0.2) is 18.9 Å². The summed E-state index contributed by atoms with van der Waals surface area (Å²) >= 11 is 0. The van der Waals surface area contributed by atoms with Crippen molar-refractivity contribution < 1.29 is 9.59 Å². The fourth-order valence-corrected chi connectivity index (χ4v) is 3.28. The van der Waals surface area contributed by atoms with Gasteiger partial charge in [-0.1, -0.05) is 67.6 Å². The Labute approximate surface area is 172 Å². The zero-order valence-electron chi connectivity index (χ0n) is 16.8. The van der Waals surface area contributed by atoms with Crippen molar-refractivity contribution in [2.75, 3.05) is 17.3 Å². The average molecular weight is 386 g/mol. The summed E-state index contributed by atoms with van der Waals surface area (Å²) in [5.74, 6) is -0.188. The predicted octanol–water partition coefficient (Wildman–Crippen LogP) is 5.02. The van der Waals surface area contributed by atoms with Gasteiger partial charge < -0.3 is 10.2 Å². The van der Waals surface area contributed by atoms with Gasteiger partial charge in [-0.2, -0.15) is 0 Å². The van der Waals surface area contributed by atoms with Crippen LogP contribution in [0.2, 0.25) is 0 Å².